The number of carbonyl (C=O) groups excluding carboxylic acids is 1. The predicted molar refractivity (Wildman–Crippen MR) is 93.7 cm³/mol. The SMILES string of the molecule is CC(C)NC(=O)c1ccc2c(c1)N(S(=O)(=O)c1ccccc1)CC2. The number of carbonyl (C=O) groups is 1. The number of rotatable bonds is 4. The molecule has 5 nitrogen and oxygen atoms in total. The minimum absolute atomic E-state index is 0.0231. The summed E-state index contributed by atoms with van der Waals surface area (Å²) in [5, 5.41) is 2.83. The summed E-state index contributed by atoms with van der Waals surface area (Å²) < 4.78 is 27.2. The van der Waals surface area contributed by atoms with E-state index in [0.717, 1.165) is 5.56 Å². The first kappa shape index (κ1) is 16.5. The Bertz CT molecular complexity index is 861. The van der Waals surface area contributed by atoms with Crippen molar-refractivity contribution in [2.45, 2.75) is 31.2 Å². The Morgan fingerprint density at radius 3 is 2.50 bits per heavy atom. The quantitative estimate of drug-likeness (QED) is 0.927. The largest absolute Gasteiger partial charge is 0.350 e. The molecule has 0 bridgehead atoms. The Morgan fingerprint density at radius 1 is 1.12 bits per heavy atom. The average Bonchev–Trinajstić information content (AvgIpc) is 2.98. The zero-order chi connectivity index (χ0) is 17.3. The first-order valence-electron chi connectivity index (χ1n) is 7.91. The van der Waals surface area contributed by atoms with Gasteiger partial charge in [0.05, 0.1) is 10.6 Å². The van der Waals surface area contributed by atoms with E-state index >= 15 is 0 Å². The minimum atomic E-state index is -3.62. The molecule has 0 atom stereocenters. The third-order valence-corrected chi connectivity index (χ3v) is 5.78. The van der Waals surface area contributed by atoms with Crippen LogP contribution in [-0.2, 0) is 16.4 Å². The topological polar surface area (TPSA) is 66.5 Å². The second-order valence-corrected chi connectivity index (χ2v) is 7.97. The van der Waals surface area contributed by atoms with Crippen molar-refractivity contribution in [1.82, 2.24) is 5.32 Å². The molecule has 126 valence electrons. The van der Waals surface area contributed by atoms with Crippen molar-refractivity contribution in [3.05, 3.63) is 59.7 Å². The molecule has 0 saturated heterocycles. The number of sulfonamides is 1. The molecule has 3 rings (SSSR count). The molecule has 24 heavy (non-hydrogen) atoms. The highest BCUT2D eigenvalue weighted by molar-refractivity contribution is 7.92. The van der Waals surface area contributed by atoms with Gasteiger partial charge in [-0.1, -0.05) is 24.3 Å². The summed E-state index contributed by atoms with van der Waals surface area (Å²) in [6.07, 6.45) is 0.646. The molecule has 1 N–H and O–H groups in total. The molecular weight excluding hydrogens is 324 g/mol. The van der Waals surface area contributed by atoms with Gasteiger partial charge in [0.25, 0.3) is 15.9 Å². The Hall–Kier alpha value is -2.34. The van der Waals surface area contributed by atoms with Crippen molar-refractivity contribution < 1.29 is 13.2 Å². The summed E-state index contributed by atoms with van der Waals surface area (Å²) in [5.41, 5.74) is 2.00. The van der Waals surface area contributed by atoms with Crippen LogP contribution in [0.1, 0.15) is 29.8 Å². The molecule has 1 aliphatic rings. The Morgan fingerprint density at radius 2 is 1.83 bits per heavy atom. The van der Waals surface area contributed by atoms with Crippen molar-refractivity contribution in [2.24, 2.45) is 0 Å². The summed E-state index contributed by atoms with van der Waals surface area (Å²) in [6, 6.07) is 13.6. The number of nitrogens with one attached hydrogen (secondary N) is 1. The van der Waals surface area contributed by atoms with Crippen LogP contribution in [0.3, 0.4) is 0 Å². The van der Waals surface area contributed by atoms with E-state index in [9.17, 15) is 13.2 Å². The van der Waals surface area contributed by atoms with Crippen molar-refractivity contribution >= 4 is 21.6 Å². The van der Waals surface area contributed by atoms with Crippen LogP contribution in [0.4, 0.5) is 5.69 Å². The number of benzene rings is 2. The molecule has 6 heteroatoms. The molecule has 0 radical (unpaired) electrons. The molecule has 2 aromatic carbocycles. The molecule has 0 fully saturated rings. The lowest BCUT2D eigenvalue weighted by atomic mass is 10.1. The molecule has 0 aliphatic carbocycles. The van der Waals surface area contributed by atoms with Crippen molar-refractivity contribution in [2.75, 3.05) is 10.8 Å². The van der Waals surface area contributed by atoms with Crippen molar-refractivity contribution in [3.63, 3.8) is 0 Å². The maximum absolute atomic E-state index is 12.9. The van der Waals surface area contributed by atoms with E-state index in [4.69, 9.17) is 0 Å². The van der Waals surface area contributed by atoms with Crippen molar-refractivity contribution in [1.29, 1.82) is 0 Å². The standard InChI is InChI=1S/C18H20N2O3S/c1-13(2)19-18(21)15-9-8-14-10-11-20(17(14)12-15)24(22,23)16-6-4-3-5-7-16/h3-9,12-13H,10-11H2,1-2H3,(H,19,21). The summed E-state index contributed by atoms with van der Waals surface area (Å²) >= 11 is 0. The summed E-state index contributed by atoms with van der Waals surface area (Å²) in [7, 11) is -3.62. The van der Waals surface area contributed by atoms with Gasteiger partial charge in [-0.05, 0) is 50.1 Å². The number of nitrogens with zero attached hydrogens (tertiary/aromatic N) is 1. The van der Waals surface area contributed by atoms with Crippen LogP contribution < -0.4 is 9.62 Å². The van der Waals surface area contributed by atoms with Gasteiger partial charge in [0.1, 0.15) is 0 Å². The Labute approximate surface area is 142 Å². The molecule has 1 aliphatic heterocycles. The third kappa shape index (κ3) is 3.01. The normalized spacial score (nSPS) is 13.9. The van der Waals surface area contributed by atoms with Gasteiger partial charge >= 0.3 is 0 Å². The van der Waals surface area contributed by atoms with Gasteiger partial charge < -0.3 is 5.32 Å². The molecule has 0 aromatic heterocycles. The lowest BCUT2D eigenvalue weighted by molar-refractivity contribution is 0.0943. The molecule has 1 heterocycles. The predicted octanol–water partition coefficient (Wildman–Crippen LogP) is 2.58. The van der Waals surface area contributed by atoms with E-state index in [-0.39, 0.29) is 16.8 Å². The fraction of sp³-hybridized carbons (Fsp3) is 0.278. The fourth-order valence-corrected chi connectivity index (χ4v) is 4.32. The first-order chi connectivity index (χ1) is 11.4. The second kappa shape index (κ2) is 6.28. The lowest BCUT2D eigenvalue weighted by Crippen LogP contribution is -2.31. The fourth-order valence-electron chi connectivity index (χ4n) is 2.81. The van der Waals surface area contributed by atoms with Crippen LogP contribution >= 0.6 is 0 Å². The summed E-state index contributed by atoms with van der Waals surface area (Å²) in [6.45, 7) is 4.16. The number of hydrogen-bond donors (Lipinski definition) is 1. The maximum Gasteiger partial charge on any atom is 0.264 e. The van der Waals surface area contributed by atoms with Gasteiger partial charge in [0.2, 0.25) is 0 Å². The van der Waals surface area contributed by atoms with Gasteiger partial charge in [-0.25, -0.2) is 8.42 Å². The molecule has 0 saturated carbocycles. The number of fused-ring (bicyclic) bond motifs is 1. The van der Waals surface area contributed by atoms with E-state index in [0.29, 0.717) is 24.2 Å². The van der Waals surface area contributed by atoms with Crippen LogP contribution in [0.15, 0.2) is 53.4 Å². The average molecular weight is 344 g/mol. The van der Waals surface area contributed by atoms with Crippen LogP contribution in [-0.4, -0.2) is 26.9 Å². The van der Waals surface area contributed by atoms with E-state index in [2.05, 4.69) is 5.32 Å². The zero-order valence-corrected chi connectivity index (χ0v) is 14.5. The highest BCUT2D eigenvalue weighted by atomic mass is 32.2. The third-order valence-electron chi connectivity index (χ3n) is 3.95. The monoisotopic (exact) mass is 344 g/mol. The number of hydrogen-bond acceptors (Lipinski definition) is 3. The van der Waals surface area contributed by atoms with Crippen LogP contribution in [0.2, 0.25) is 0 Å². The van der Waals surface area contributed by atoms with E-state index in [1.807, 2.05) is 19.9 Å². The highest BCUT2D eigenvalue weighted by Gasteiger charge is 2.31. The minimum Gasteiger partial charge on any atom is -0.350 e. The van der Waals surface area contributed by atoms with Crippen LogP contribution in [0.5, 0.6) is 0 Å². The molecular formula is C18H20N2O3S. The Balaban J connectivity index is 1.98. The molecule has 0 unspecified atom stereocenters. The summed E-state index contributed by atoms with van der Waals surface area (Å²) in [4.78, 5) is 12.5. The van der Waals surface area contributed by atoms with E-state index in [1.54, 1.807) is 42.5 Å². The first-order valence-corrected chi connectivity index (χ1v) is 9.35. The lowest BCUT2D eigenvalue weighted by Gasteiger charge is -2.20. The van der Waals surface area contributed by atoms with Gasteiger partial charge in [-0.3, -0.25) is 9.10 Å². The highest BCUT2D eigenvalue weighted by Crippen LogP contribution is 2.33. The smallest absolute Gasteiger partial charge is 0.264 e. The van der Waals surface area contributed by atoms with E-state index in [1.165, 1.54) is 4.31 Å². The Kier molecular flexibility index (Phi) is 4.32. The van der Waals surface area contributed by atoms with Gasteiger partial charge in [0, 0.05) is 18.2 Å². The van der Waals surface area contributed by atoms with E-state index < -0.39 is 10.0 Å². The maximum atomic E-state index is 12.9. The zero-order valence-electron chi connectivity index (χ0n) is 13.7. The number of amides is 1. The van der Waals surface area contributed by atoms with Gasteiger partial charge in [-0.2, -0.15) is 0 Å². The molecule has 2 aromatic rings. The number of anilines is 1. The van der Waals surface area contributed by atoms with Crippen LogP contribution in [0, 0.1) is 0 Å². The molecule has 0 spiro atoms. The van der Waals surface area contributed by atoms with Gasteiger partial charge in [-0.15, -0.1) is 0 Å². The second-order valence-electron chi connectivity index (χ2n) is 6.11. The van der Waals surface area contributed by atoms with Crippen LogP contribution in [0.25, 0.3) is 0 Å². The summed E-state index contributed by atoms with van der Waals surface area (Å²) in [5.74, 6) is -0.197. The molecule has 1 amide bonds. The van der Waals surface area contributed by atoms with Crippen molar-refractivity contribution in [3.8, 4) is 0 Å². The van der Waals surface area contributed by atoms with Gasteiger partial charge in [0.15, 0.2) is 0 Å².